The van der Waals surface area contributed by atoms with Crippen LogP contribution in [0.2, 0.25) is 0 Å². The number of allylic oxidation sites excluding steroid dienone is 1. The fraction of sp³-hybridized carbons (Fsp3) is 0.239. The molecular formula is C46H44N2O5. The van der Waals surface area contributed by atoms with Crippen LogP contribution >= 0.6 is 0 Å². The van der Waals surface area contributed by atoms with Crippen LogP contribution in [0.5, 0.6) is 11.5 Å². The standard InChI is InChI=1S/C46H44N2O5/c1-2-40(33-10-6-3-7-11-33)44(34-16-21-38(49)22-17-34)35-18-23-39(24-19-35)53-28-8-4-5-9-31-12-14-32(15-13-31)36-20-25-41-37(29-36)30-48(46(41)52)42-26-27-43(50)47-45(42)51/h3,6-7,10-25,29,42,49H,2,4-5,8-9,26-28,30H2,1H3,(H,47,50,51)/b44-40-. The van der Waals surface area contributed by atoms with E-state index in [0.717, 1.165) is 71.2 Å². The minimum absolute atomic E-state index is 0.155. The fourth-order valence-electron chi connectivity index (χ4n) is 7.44. The molecule has 0 aliphatic carbocycles. The molecule has 2 heterocycles. The Labute approximate surface area is 310 Å². The fourth-order valence-corrected chi connectivity index (χ4v) is 7.44. The molecule has 7 rings (SSSR count). The summed E-state index contributed by atoms with van der Waals surface area (Å²) in [6.45, 7) is 3.21. The Bertz CT molecular complexity index is 2120. The second-order valence-corrected chi connectivity index (χ2v) is 13.8. The molecule has 2 N–H and O–H groups in total. The largest absolute Gasteiger partial charge is 0.508 e. The van der Waals surface area contributed by atoms with Gasteiger partial charge in [0.1, 0.15) is 17.5 Å². The van der Waals surface area contributed by atoms with Crippen LogP contribution in [0.4, 0.5) is 0 Å². The predicted octanol–water partition coefficient (Wildman–Crippen LogP) is 8.98. The first-order valence-electron chi connectivity index (χ1n) is 18.6. The molecule has 7 nitrogen and oxygen atoms in total. The quantitative estimate of drug-likeness (QED) is 0.0725. The first-order chi connectivity index (χ1) is 25.9. The molecule has 3 amide bonds. The number of nitrogens with one attached hydrogen (secondary N) is 1. The van der Waals surface area contributed by atoms with Crippen molar-refractivity contribution in [3.05, 3.63) is 155 Å². The lowest BCUT2D eigenvalue weighted by atomic mass is 9.88. The predicted molar refractivity (Wildman–Crippen MR) is 208 cm³/mol. The van der Waals surface area contributed by atoms with Gasteiger partial charge in [-0.3, -0.25) is 19.7 Å². The lowest BCUT2D eigenvalue weighted by molar-refractivity contribution is -0.136. The molecule has 0 aromatic heterocycles. The van der Waals surface area contributed by atoms with Gasteiger partial charge < -0.3 is 14.7 Å². The molecular weight excluding hydrogens is 661 g/mol. The maximum atomic E-state index is 13.1. The lowest BCUT2D eigenvalue weighted by Gasteiger charge is -2.29. The van der Waals surface area contributed by atoms with Gasteiger partial charge in [0.05, 0.1) is 6.61 Å². The summed E-state index contributed by atoms with van der Waals surface area (Å²) in [5.74, 6) is 0.275. The van der Waals surface area contributed by atoms with Crippen LogP contribution in [0.3, 0.4) is 0 Å². The Balaban J connectivity index is 0.897. The van der Waals surface area contributed by atoms with Gasteiger partial charge in [0.2, 0.25) is 11.8 Å². The number of amides is 3. The van der Waals surface area contributed by atoms with Gasteiger partial charge in [0.25, 0.3) is 5.91 Å². The van der Waals surface area contributed by atoms with E-state index in [4.69, 9.17) is 4.74 Å². The highest BCUT2D eigenvalue weighted by Crippen LogP contribution is 2.36. The Morgan fingerprint density at radius 1 is 0.774 bits per heavy atom. The van der Waals surface area contributed by atoms with Crippen molar-refractivity contribution in [3.8, 4) is 22.6 Å². The number of hydrogen-bond acceptors (Lipinski definition) is 5. The number of rotatable bonds is 13. The van der Waals surface area contributed by atoms with Gasteiger partial charge in [-0.25, -0.2) is 0 Å². The number of benzene rings is 5. The van der Waals surface area contributed by atoms with Crippen LogP contribution in [-0.4, -0.2) is 40.4 Å². The number of ether oxygens (including phenoxy) is 1. The number of piperidine rings is 1. The normalized spacial score (nSPS) is 15.9. The molecule has 0 radical (unpaired) electrons. The highest BCUT2D eigenvalue weighted by molar-refractivity contribution is 6.05. The molecule has 1 saturated heterocycles. The summed E-state index contributed by atoms with van der Waals surface area (Å²) >= 11 is 0. The van der Waals surface area contributed by atoms with E-state index in [1.807, 2.05) is 48.5 Å². The molecule has 53 heavy (non-hydrogen) atoms. The summed E-state index contributed by atoms with van der Waals surface area (Å²) in [4.78, 5) is 38.6. The molecule has 0 spiro atoms. The van der Waals surface area contributed by atoms with E-state index in [0.29, 0.717) is 25.1 Å². The molecule has 2 aliphatic rings. The maximum absolute atomic E-state index is 13.1. The zero-order valence-electron chi connectivity index (χ0n) is 30.0. The second kappa shape index (κ2) is 16.2. The van der Waals surface area contributed by atoms with Crippen LogP contribution in [-0.2, 0) is 22.6 Å². The van der Waals surface area contributed by atoms with E-state index in [1.165, 1.54) is 16.7 Å². The lowest BCUT2D eigenvalue weighted by Crippen LogP contribution is -2.52. The number of unbranched alkanes of at least 4 members (excludes halogenated alkanes) is 2. The number of hydrogen-bond donors (Lipinski definition) is 2. The van der Waals surface area contributed by atoms with Gasteiger partial charge in [-0.2, -0.15) is 0 Å². The molecule has 1 atom stereocenters. The van der Waals surface area contributed by atoms with Crippen LogP contribution < -0.4 is 10.1 Å². The minimum Gasteiger partial charge on any atom is -0.508 e. The Kier molecular flexibility index (Phi) is 10.8. The Hall–Kier alpha value is -5.95. The van der Waals surface area contributed by atoms with E-state index in [2.05, 4.69) is 72.9 Å². The maximum Gasteiger partial charge on any atom is 0.255 e. The van der Waals surface area contributed by atoms with Crippen LogP contribution in [0.1, 0.15) is 83.6 Å². The summed E-state index contributed by atoms with van der Waals surface area (Å²) in [5.41, 5.74) is 10.7. The van der Waals surface area contributed by atoms with Crippen molar-refractivity contribution >= 4 is 28.9 Å². The highest BCUT2D eigenvalue weighted by atomic mass is 16.5. The summed E-state index contributed by atoms with van der Waals surface area (Å²) < 4.78 is 6.13. The van der Waals surface area contributed by atoms with E-state index in [1.54, 1.807) is 17.0 Å². The average Bonchev–Trinajstić information content (AvgIpc) is 3.51. The van der Waals surface area contributed by atoms with E-state index < -0.39 is 11.9 Å². The van der Waals surface area contributed by atoms with Gasteiger partial charge in [0, 0.05) is 18.5 Å². The number of aryl methyl sites for hydroxylation is 1. The summed E-state index contributed by atoms with van der Waals surface area (Å²) in [5, 5.41) is 12.3. The molecule has 1 unspecified atom stereocenters. The third-order valence-corrected chi connectivity index (χ3v) is 10.3. The molecule has 5 aromatic rings. The molecule has 0 bridgehead atoms. The van der Waals surface area contributed by atoms with Crippen LogP contribution in [0, 0.1) is 0 Å². The number of nitrogens with zero attached hydrogens (tertiary/aromatic N) is 1. The van der Waals surface area contributed by atoms with Gasteiger partial charge in [0.15, 0.2) is 0 Å². The van der Waals surface area contributed by atoms with Crippen LogP contribution in [0.25, 0.3) is 22.3 Å². The summed E-state index contributed by atoms with van der Waals surface area (Å²) in [7, 11) is 0. The first kappa shape index (κ1) is 35.5. The molecule has 2 aliphatic heterocycles. The third kappa shape index (κ3) is 8.10. The van der Waals surface area contributed by atoms with Crippen molar-refractivity contribution in [3.63, 3.8) is 0 Å². The zero-order chi connectivity index (χ0) is 36.7. The number of phenolic OH excluding ortho intramolecular Hbond substituents is 1. The third-order valence-electron chi connectivity index (χ3n) is 10.3. The van der Waals surface area contributed by atoms with Crippen molar-refractivity contribution in [1.82, 2.24) is 10.2 Å². The molecule has 5 aromatic carbocycles. The topological polar surface area (TPSA) is 95.9 Å². The van der Waals surface area contributed by atoms with Crippen molar-refractivity contribution < 1.29 is 24.2 Å². The van der Waals surface area contributed by atoms with Crippen molar-refractivity contribution in [2.24, 2.45) is 0 Å². The SMILES string of the molecule is CC/C(=C(\c1ccc(O)cc1)c1ccc(OCCCCCc2ccc(-c3ccc4c(c3)CN(C3CCC(=O)NC3=O)C4=O)cc2)cc1)c1ccccc1. The average molecular weight is 705 g/mol. The van der Waals surface area contributed by atoms with Crippen LogP contribution in [0.15, 0.2) is 121 Å². The highest BCUT2D eigenvalue weighted by Gasteiger charge is 2.39. The Morgan fingerprint density at radius 3 is 2.17 bits per heavy atom. The van der Waals surface area contributed by atoms with Gasteiger partial charge in [-0.15, -0.1) is 0 Å². The van der Waals surface area contributed by atoms with Gasteiger partial charge in [-0.05, 0) is 125 Å². The van der Waals surface area contributed by atoms with E-state index >= 15 is 0 Å². The first-order valence-corrected chi connectivity index (χ1v) is 18.6. The summed E-state index contributed by atoms with van der Waals surface area (Å²) in [6.07, 6.45) is 5.56. The summed E-state index contributed by atoms with van der Waals surface area (Å²) in [6, 6.07) is 40.1. The monoisotopic (exact) mass is 704 g/mol. The molecule has 1 fully saturated rings. The molecule has 268 valence electrons. The molecule has 7 heteroatoms. The number of phenols is 1. The smallest absolute Gasteiger partial charge is 0.255 e. The van der Waals surface area contributed by atoms with Gasteiger partial charge >= 0.3 is 0 Å². The Morgan fingerprint density at radius 2 is 1.47 bits per heavy atom. The zero-order valence-corrected chi connectivity index (χ0v) is 30.0. The van der Waals surface area contributed by atoms with E-state index in [-0.39, 0.29) is 24.0 Å². The van der Waals surface area contributed by atoms with E-state index in [9.17, 15) is 19.5 Å². The number of fused-ring (bicyclic) bond motifs is 1. The minimum atomic E-state index is -0.609. The van der Waals surface area contributed by atoms with Crippen molar-refractivity contribution in [2.75, 3.05) is 6.61 Å². The number of carbonyl (C=O) groups is 3. The molecule has 0 saturated carbocycles. The van der Waals surface area contributed by atoms with Crippen molar-refractivity contribution in [1.29, 1.82) is 0 Å². The van der Waals surface area contributed by atoms with Gasteiger partial charge in [-0.1, -0.05) is 91.9 Å². The number of carbonyl (C=O) groups excluding carboxylic acids is 3. The number of aromatic hydroxyl groups is 1. The number of imide groups is 1. The van der Waals surface area contributed by atoms with Crippen molar-refractivity contribution in [2.45, 2.75) is 64.5 Å². The second-order valence-electron chi connectivity index (χ2n) is 13.8.